The van der Waals surface area contributed by atoms with E-state index in [9.17, 15) is 10.1 Å². The van der Waals surface area contributed by atoms with Crippen molar-refractivity contribution >= 4 is 23.0 Å². The summed E-state index contributed by atoms with van der Waals surface area (Å²) in [7, 11) is 0. The summed E-state index contributed by atoms with van der Waals surface area (Å²) in [5.74, 6) is 0.443. The normalized spacial score (nSPS) is 17.4. The largest absolute Gasteiger partial charge is 0.379 e. The lowest BCUT2D eigenvalue weighted by molar-refractivity contribution is -0.383. The Labute approximate surface area is 130 Å². The van der Waals surface area contributed by atoms with Crippen LogP contribution in [0.25, 0.3) is 0 Å². The first-order valence-corrected chi connectivity index (χ1v) is 7.84. The SMILES string of the molecule is CC(CNc1ccc(Cl)cc1[N+](=O)[O-])CN1CCCCC1. The van der Waals surface area contributed by atoms with Gasteiger partial charge in [0, 0.05) is 24.2 Å². The van der Waals surface area contributed by atoms with Gasteiger partial charge in [-0.3, -0.25) is 10.1 Å². The van der Waals surface area contributed by atoms with Gasteiger partial charge in [0.2, 0.25) is 0 Å². The molecule has 1 saturated heterocycles. The lowest BCUT2D eigenvalue weighted by atomic mass is 10.1. The number of benzene rings is 1. The molecule has 1 heterocycles. The highest BCUT2D eigenvalue weighted by Crippen LogP contribution is 2.27. The molecule has 1 aromatic carbocycles. The highest BCUT2D eigenvalue weighted by molar-refractivity contribution is 6.30. The molecule has 1 N–H and O–H groups in total. The number of nitrogens with zero attached hydrogens (tertiary/aromatic N) is 2. The van der Waals surface area contributed by atoms with Crippen LogP contribution in [-0.4, -0.2) is 36.0 Å². The summed E-state index contributed by atoms with van der Waals surface area (Å²) in [5, 5.41) is 14.6. The second kappa shape index (κ2) is 7.61. The Morgan fingerprint density at radius 2 is 2.10 bits per heavy atom. The molecule has 0 aromatic heterocycles. The van der Waals surface area contributed by atoms with Gasteiger partial charge in [0.15, 0.2) is 0 Å². The Morgan fingerprint density at radius 3 is 2.76 bits per heavy atom. The summed E-state index contributed by atoms with van der Waals surface area (Å²) < 4.78 is 0. The summed E-state index contributed by atoms with van der Waals surface area (Å²) in [6.07, 6.45) is 3.89. The summed E-state index contributed by atoms with van der Waals surface area (Å²) in [4.78, 5) is 13.1. The molecule has 0 amide bonds. The number of nitro groups is 1. The van der Waals surface area contributed by atoms with Crippen molar-refractivity contribution in [2.24, 2.45) is 5.92 Å². The molecule has 0 saturated carbocycles. The molecule has 2 rings (SSSR count). The fourth-order valence-corrected chi connectivity index (χ4v) is 2.90. The quantitative estimate of drug-likeness (QED) is 0.641. The number of anilines is 1. The van der Waals surface area contributed by atoms with E-state index in [0.29, 0.717) is 16.6 Å². The number of nitrogens with one attached hydrogen (secondary N) is 1. The first-order chi connectivity index (χ1) is 10.1. The molecule has 21 heavy (non-hydrogen) atoms. The van der Waals surface area contributed by atoms with Crippen LogP contribution in [0.4, 0.5) is 11.4 Å². The molecule has 1 aliphatic heterocycles. The van der Waals surface area contributed by atoms with Gasteiger partial charge in [-0.15, -0.1) is 0 Å². The molecule has 116 valence electrons. The molecule has 0 bridgehead atoms. The summed E-state index contributed by atoms with van der Waals surface area (Å²) in [6.45, 7) is 6.27. The summed E-state index contributed by atoms with van der Waals surface area (Å²) >= 11 is 5.81. The molecule has 1 unspecified atom stereocenters. The Balaban J connectivity index is 1.88. The molecule has 0 radical (unpaired) electrons. The number of likely N-dealkylation sites (tertiary alicyclic amines) is 1. The molecule has 0 spiro atoms. The Bertz CT molecular complexity index is 490. The monoisotopic (exact) mass is 311 g/mol. The summed E-state index contributed by atoms with van der Waals surface area (Å²) in [5.41, 5.74) is 0.572. The molecule has 1 fully saturated rings. The van der Waals surface area contributed by atoms with E-state index in [4.69, 9.17) is 11.6 Å². The second-order valence-corrected chi connectivity index (χ2v) is 6.20. The van der Waals surface area contributed by atoms with Crippen molar-refractivity contribution in [3.05, 3.63) is 33.3 Å². The maximum Gasteiger partial charge on any atom is 0.293 e. The number of hydrogen-bond donors (Lipinski definition) is 1. The smallest absolute Gasteiger partial charge is 0.293 e. The zero-order valence-electron chi connectivity index (χ0n) is 12.3. The number of halogens is 1. The fraction of sp³-hybridized carbons (Fsp3) is 0.600. The minimum absolute atomic E-state index is 0.0349. The molecule has 6 heteroatoms. The van der Waals surface area contributed by atoms with Gasteiger partial charge < -0.3 is 10.2 Å². The lowest BCUT2D eigenvalue weighted by Crippen LogP contribution is -2.35. The van der Waals surface area contributed by atoms with Gasteiger partial charge in [-0.05, 0) is 44.0 Å². The standard InChI is InChI=1S/C15H22ClN3O2/c1-12(11-18-7-3-2-4-8-18)10-17-14-6-5-13(16)9-15(14)19(20)21/h5-6,9,12,17H,2-4,7-8,10-11H2,1H3. The van der Waals surface area contributed by atoms with Crippen LogP contribution in [0.1, 0.15) is 26.2 Å². The van der Waals surface area contributed by atoms with E-state index in [2.05, 4.69) is 17.1 Å². The molecule has 0 aliphatic carbocycles. The van der Waals surface area contributed by atoms with Crippen LogP contribution in [0.15, 0.2) is 18.2 Å². The molecule has 1 aromatic rings. The third-order valence-electron chi connectivity index (χ3n) is 3.82. The predicted octanol–water partition coefficient (Wildman–Crippen LogP) is 3.78. The van der Waals surface area contributed by atoms with E-state index in [0.717, 1.165) is 13.1 Å². The van der Waals surface area contributed by atoms with Gasteiger partial charge in [-0.1, -0.05) is 24.9 Å². The van der Waals surface area contributed by atoms with Gasteiger partial charge in [0.05, 0.1) is 4.92 Å². The van der Waals surface area contributed by atoms with Crippen molar-refractivity contribution < 1.29 is 4.92 Å². The van der Waals surface area contributed by atoms with Crippen molar-refractivity contribution in [2.75, 3.05) is 31.5 Å². The van der Waals surface area contributed by atoms with Gasteiger partial charge in [-0.25, -0.2) is 0 Å². The van der Waals surface area contributed by atoms with Crippen LogP contribution in [0, 0.1) is 16.0 Å². The second-order valence-electron chi connectivity index (χ2n) is 5.77. The van der Waals surface area contributed by atoms with Gasteiger partial charge in [-0.2, -0.15) is 0 Å². The zero-order valence-corrected chi connectivity index (χ0v) is 13.1. The van der Waals surface area contributed by atoms with E-state index in [-0.39, 0.29) is 5.69 Å². The maximum atomic E-state index is 11.0. The Kier molecular flexibility index (Phi) is 5.82. The molecular formula is C15H22ClN3O2. The fourth-order valence-electron chi connectivity index (χ4n) is 2.74. The zero-order chi connectivity index (χ0) is 15.2. The molecule has 1 atom stereocenters. The first-order valence-electron chi connectivity index (χ1n) is 7.46. The van der Waals surface area contributed by atoms with Crippen molar-refractivity contribution in [1.82, 2.24) is 4.90 Å². The van der Waals surface area contributed by atoms with Crippen molar-refractivity contribution in [3.63, 3.8) is 0 Å². The van der Waals surface area contributed by atoms with E-state index in [1.807, 2.05) is 0 Å². The third-order valence-corrected chi connectivity index (χ3v) is 4.05. The lowest BCUT2D eigenvalue weighted by Gasteiger charge is -2.29. The van der Waals surface area contributed by atoms with E-state index >= 15 is 0 Å². The maximum absolute atomic E-state index is 11.0. The molecule has 5 nitrogen and oxygen atoms in total. The van der Waals surface area contributed by atoms with Gasteiger partial charge in [0.25, 0.3) is 5.69 Å². The van der Waals surface area contributed by atoms with Crippen LogP contribution < -0.4 is 5.32 Å². The van der Waals surface area contributed by atoms with Crippen LogP contribution in [0.3, 0.4) is 0 Å². The van der Waals surface area contributed by atoms with E-state index < -0.39 is 4.92 Å². The highest BCUT2D eigenvalue weighted by atomic mass is 35.5. The highest BCUT2D eigenvalue weighted by Gasteiger charge is 2.16. The Morgan fingerprint density at radius 1 is 1.38 bits per heavy atom. The molecule has 1 aliphatic rings. The van der Waals surface area contributed by atoms with Crippen LogP contribution in [0.2, 0.25) is 5.02 Å². The average molecular weight is 312 g/mol. The number of piperidine rings is 1. The third kappa shape index (κ3) is 4.86. The number of hydrogen-bond acceptors (Lipinski definition) is 4. The van der Waals surface area contributed by atoms with E-state index in [1.54, 1.807) is 12.1 Å². The minimum atomic E-state index is -0.399. The number of nitro benzene ring substituents is 1. The average Bonchev–Trinajstić information content (AvgIpc) is 2.47. The van der Waals surface area contributed by atoms with E-state index in [1.165, 1.54) is 38.4 Å². The Hall–Kier alpha value is -1.33. The molecular weight excluding hydrogens is 290 g/mol. The predicted molar refractivity (Wildman–Crippen MR) is 86.1 cm³/mol. The van der Waals surface area contributed by atoms with Crippen LogP contribution in [0.5, 0.6) is 0 Å². The van der Waals surface area contributed by atoms with Gasteiger partial charge in [0.1, 0.15) is 5.69 Å². The minimum Gasteiger partial charge on any atom is -0.379 e. The van der Waals surface area contributed by atoms with Crippen molar-refractivity contribution in [1.29, 1.82) is 0 Å². The van der Waals surface area contributed by atoms with Crippen molar-refractivity contribution in [2.45, 2.75) is 26.2 Å². The summed E-state index contributed by atoms with van der Waals surface area (Å²) in [6, 6.07) is 4.74. The van der Waals surface area contributed by atoms with Crippen LogP contribution >= 0.6 is 11.6 Å². The van der Waals surface area contributed by atoms with Crippen LogP contribution in [-0.2, 0) is 0 Å². The van der Waals surface area contributed by atoms with Crippen molar-refractivity contribution in [3.8, 4) is 0 Å². The van der Waals surface area contributed by atoms with Gasteiger partial charge >= 0.3 is 0 Å². The topological polar surface area (TPSA) is 58.4 Å². The number of rotatable bonds is 6. The first kappa shape index (κ1) is 16.0.